The van der Waals surface area contributed by atoms with Crippen molar-refractivity contribution in [3.05, 3.63) is 83.4 Å². The topological polar surface area (TPSA) is 211 Å². The minimum atomic E-state index is -1.71. The summed E-state index contributed by atoms with van der Waals surface area (Å²) in [7, 11) is 1.05. The van der Waals surface area contributed by atoms with Crippen LogP contribution in [-0.4, -0.2) is 92.0 Å². The zero-order valence-corrected chi connectivity index (χ0v) is 29.9. The van der Waals surface area contributed by atoms with Crippen LogP contribution < -0.4 is 15.4 Å². The Morgan fingerprint density at radius 3 is 1.96 bits per heavy atom. The first-order valence-corrected chi connectivity index (χ1v) is 16.9. The van der Waals surface area contributed by atoms with E-state index in [9.17, 15) is 33.9 Å². The molecule has 5 rings (SSSR count). The average Bonchev–Trinajstić information content (AvgIpc) is 3.46. The van der Waals surface area contributed by atoms with E-state index in [1.54, 1.807) is 0 Å². The van der Waals surface area contributed by atoms with Crippen LogP contribution in [0.3, 0.4) is 0 Å². The van der Waals surface area contributed by atoms with E-state index >= 15 is 0 Å². The van der Waals surface area contributed by atoms with Crippen molar-refractivity contribution in [3.63, 3.8) is 0 Å². The van der Waals surface area contributed by atoms with Crippen LogP contribution >= 0.6 is 0 Å². The monoisotopic (exact) mass is 748 g/mol. The maximum absolute atomic E-state index is 13.1. The van der Waals surface area contributed by atoms with Crippen LogP contribution in [0, 0.1) is 0 Å². The molecule has 1 aliphatic heterocycles. The number of esters is 4. The molecule has 3 aromatic rings. The molecule has 3 aromatic carbocycles. The van der Waals surface area contributed by atoms with Gasteiger partial charge < -0.3 is 48.9 Å². The fraction of sp³-hybridized carbons (Fsp3) is 0.368. The number of amides is 2. The number of alkyl carbamates (subject to hydrolysis) is 1. The summed E-state index contributed by atoms with van der Waals surface area (Å²) in [6.07, 6.45) is -9.12. The molecule has 0 spiro atoms. The van der Waals surface area contributed by atoms with Crippen LogP contribution in [0.4, 0.5) is 10.5 Å². The molecular weight excluding hydrogens is 708 g/mol. The van der Waals surface area contributed by atoms with Crippen LogP contribution in [0.15, 0.2) is 66.7 Å². The van der Waals surface area contributed by atoms with Crippen molar-refractivity contribution >= 4 is 41.6 Å². The highest BCUT2D eigenvalue weighted by atomic mass is 16.7. The molecule has 286 valence electrons. The van der Waals surface area contributed by atoms with Crippen LogP contribution in [0.2, 0.25) is 0 Å². The molecule has 0 bridgehead atoms. The summed E-state index contributed by atoms with van der Waals surface area (Å²) in [5.41, 5.74) is 4.68. The fourth-order valence-corrected chi connectivity index (χ4v) is 6.32. The number of methoxy groups -OCH3 is 1. The second kappa shape index (κ2) is 17.7. The van der Waals surface area contributed by atoms with E-state index in [2.05, 4.69) is 10.6 Å². The molecule has 5 atom stereocenters. The fourth-order valence-electron chi connectivity index (χ4n) is 6.32. The summed E-state index contributed by atoms with van der Waals surface area (Å²) < 4.78 is 38.3. The minimum absolute atomic E-state index is 0.0265. The molecule has 1 aliphatic carbocycles. The zero-order valence-electron chi connectivity index (χ0n) is 29.9. The number of carbonyl (C=O) groups excluding carboxylic acids is 6. The highest BCUT2D eigenvalue weighted by Gasteiger charge is 2.56. The van der Waals surface area contributed by atoms with Gasteiger partial charge in [0.15, 0.2) is 18.3 Å². The first-order chi connectivity index (χ1) is 25.9. The van der Waals surface area contributed by atoms with Gasteiger partial charge in [0, 0.05) is 39.7 Å². The standard InChI is InChI=1S/C38H40N2O14/c1-20(42)50-32-33(51-21(2)43)35(52-22(3)44)37(54-34(32)36(46)48-4)53-30-14-13-23(18-41)17-29(30)40-31(45)15-16-39-38(47)49-19-28-26-11-7-5-9-24(26)25-10-6-8-12-27(25)28/h5-14,17,28,32-35,37,41H,15-16,18-19H2,1-4H3,(H,39,47)(H,40,45)/t32-,33-,34?,35+,37+/m0/s1. The number of benzene rings is 3. The Bertz CT molecular complexity index is 1850. The Morgan fingerprint density at radius 2 is 1.37 bits per heavy atom. The number of anilines is 1. The minimum Gasteiger partial charge on any atom is -0.467 e. The van der Waals surface area contributed by atoms with Crippen LogP contribution in [0.5, 0.6) is 5.75 Å². The number of nitrogens with one attached hydrogen (secondary N) is 2. The number of ether oxygens (including phenoxy) is 7. The molecule has 0 aromatic heterocycles. The van der Waals surface area contributed by atoms with E-state index in [4.69, 9.17) is 33.2 Å². The predicted octanol–water partition coefficient (Wildman–Crippen LogP) is 3.12. The van der Waals surface area contributed by atoms with E-state index in [1.807, 2.05) is 48.5 Å². The summed E-state index contributed by atoms with van der Waals surface area (Å²) >= 11 is 0. The number of hydrogen-bond acceptors (Lipinski definition) is 14. The van der Waals surface area contributed by atoms with Gasteiger partial charge in [0.1, 0.15) is 12.4 Å². The lowest BCUT2D eigenvalue weighted by atomic mass is 9.97. The number of aliphatic hydroxyl groups excluding tert-OH is 1. The van der Waals surface area contributed by atoms with Gasteiger partial charge in [0.2, 0.25) is 18.3 Å². The van der Waals surface area contributed by atoms with Gasteiger partial charge in [-0.2, -0.15) is 0 Å². The lowest BCUT2D eigenvalue weighted by Gasteiger charge is -2.43. The summed E-state index contributed by atoms with van der Waals surface area (Å²) in [4.78, 5) is 74.9. The molecule has 16 heteroatoms. The third-order valence-electron chi connectivity index (χ3n) is 8.54. The summed E-state index contributed by atoms with van der Waals surface area (Å²) in [6, 6.07) is 20.1. The summed E-state index contributed by atoms with van der Waals surface area (Å²) in [6.45, 7) is 2.75. The Balaban J connectivity index is 1.26. The van der Waals surface area contributed by atoms with E-state index in [0.717, 1.165) is 50.1 Å². The molecule has 1 heterocycles. The third kappa shape index (κ3) is 9.31. The van der Waals surface area contributed by atoms with Crippen molar-refractivity contribution in [3.8, 4) is 16.9 Å². The summed E-state index contributed by atoms with van der Waals surface area (Å²) in [5, 5.41) is 15.0. The molecular formula is C38H40N2O14. The number of aliphatic hydroxyl groups is 1. The van der Waals surface area contributed by atoms with Crippen LogP contribution in [-0.2, 0) is 59.0 Å². The second-order valence-corrected chi connectivity index (χ2v) is 12.3. The van der Waals surface area contributed by atoms with E-state index < -0.39 is 73.2 Å². The van der Waals surface area contributed by atoms with Crippen LogP contribution in [0.1, 0.15) is 49.8 Å². The van der Waals surface area contributed by atoms with Crippen molar-refractivity contribution in [1.82, 2.24) is 5.32 Å². The largest absolute Gasteiger partial charge is 0.467 e. The third-order valence-corrected chi connectivity index (χ3v) is 8.54. The molecule has 16 nitrogen and oxygen atoms in total. The number of hydrogen-bond donors (Lipinski definition) is 3. The van der Waals surface area contributed by atoms with Crippen molar-refractivity contribution < 1.29 is 67.0 Å². The second-order valence-electron chi connectivity index (χ2n) is 12.3. The van der Waals surface area contributed by atoms with Gasteiger partial charge in [-0.25, -0.2) is 9.59 Å². The Labute approximate surface area is 309 Å². The zero-order chi connectivity index (χ0) is 38.9. The smallest absolute Gasteiger partial charge is 0.407 e. The number of rotatable bonds is 13. The maximum atomic E-state index is 13.1. The van der Waals surface area contributed by atoms with E-state index in [-0.39, 0.29) is 36.9 Å². The molecule has 54 heavy (non-hydrogen) atoms. The Hall–Kier alpha value is -6.00. The normalized spacial score (nSPS) is 20.0. The van der Waals surface area contributed by atoms with Crippen LogP contribution in [0.25, 0.3) is 11.1 Å². The summed E-state index contributed by atoms with van der Waals surface area (Å²) in [5.74, 6) is -4.42. The molecule has 2 aliphatic rings. The SMILES string of the molecule is COC(=O)C1O[C@@H](Oc2ccc(CO)cc2NC(=O)CCNC(=O)OCC2c3ccccc3-c3ccccc32)[C@H](OC(C)=O)[C@@H](OC(C)=O)[C@@H]1OC(C)=O. The van der Waals surface area contributed by atoms with Gasteiger partial charge in [-0.05, 0) is 39.9 Å². The lowest BCUT2D eigenvalue weighted by Crippen LogP contribution is -2.64. The average molecular weight is 749 g/mol. The van der Waals surface area contributed by atoms with Gasteiger partial charge in [-0.3, -0.25) is 19.2 Å². The van der Waals surface area contributed by atoms with Crippen molar-refractivity contribution in [2.24, 2.45) is 0 Å². The molecule has 0 radical (unpaired) electrons. The van der Waals surface area contributed by atoms with Crippen molar-refractivity contribution in [2.75, 3.05) is 25.6 Å². The maximum Gasteiger partial charge on any atom is 0.407 e. The molecule has 1 fully saturated rings. The van der Waals surface area contributed by atoms with Gasteiger partial charge in [0.05, 0.1) is 19.4 Å². The predicted molar refractivity (Wildman–Crippen MR) is 187 cm³/mol. The molecule has 2 amide bonds. The highest BCUT2D eigenvalue weighted by molar-refractivity contribution is 5.92. The lowest BCUT2D eigenvalue weighted by molar-refractivity contribution is -0.282. The van der Waals surface area contributed by atoms with Gasteiger partial charge in [-0.15, -0.1) is 0 Å². The Morgan fingerprint density at radius 1 is 0.778 bits per heavy atom. The molecule has 1 unspecified atom stereocenters. The number of fused-ring (bicyclic) bond motifs is 3. The quantitative estimate of drug-likeness (QED) is 0.169. The highest BCUT2D eigenvalue weighted by Crippen LogP contribution is 2.44. The van der Waals surface area contributed by atoms with Crippen molar-refractivity contribution in [1.29, 1.82) is 0 Å². The van der Waals surface area contributed by atoms with Crippen molar-refractivity contribution in [2.45, 2.75) is 70.4 Å². The Kier molecular flexibility index (Phi) is 12.8. The van der Waals surface area contributed by atoms with Gasteiger partial charge >= 0.3 is 30.0 Å². The molecule has 1 saturated heterocycles. The van der Waals surface area contributed by atoms with Gasteiger partial charge in [-0.1, -0.05) is 54.6 Å². The van der Waals surface area contributed by atoms with Gasteiger partial charge in [0.25, 0.3) is 0 Å². The number of carbonyl (C=O) groups is 6. The first kappa shape index (κ1) is 39.2. The van der Waals surface area contributed by atoms with E-state index in [1.165, 1.54) is 18.2 Å². The van der Waals surface area contributed by atoms with E-state index in [0.29, 0.717) is 5.56 Å². The molecule has 3 N–H and O–H groups in total. The molecule has 0 saturated carbocycles. The first-order valence-electron chi connectivity index (χ1n) is 16.9.